The summed E-state index contributed by atoms with van der Waals surface area (Å²) in [7, 11) is 1.68. The number of ether oxygens (including phenoxy) is 3. The Morgan fingerprint density at radius 1 is 1.00 bits per heavy atom. The third kappa shape index (κ3) is 10.7. The van der Waals surface area contributed by atoms with Gasteiger partial charge in [0.05, 0.1) is 37.7 Å². The normalized spacial score (nSPS) is 17.1. The number of hydrogen-bond donors (Lipinski definition) is 2. The van der Waals surface area contributed by atoms with Gasteiger partial charge in [0.15, 0.2) is 12.2 Å². The van der Waals surface area contributed by atoms with Crippen LogP contribution in [-0.2, 0) is 46.4 Å². The van der Waals surface area contributed by atoms with E-state index < -0.39 is 54.0 Å². The molecule has 0 unspecified atom stereocenters. The molecule has 6 amide bonds. The number of rotatable bonds is 8. The van der Waals surface area contributed by atoms with Crippen molar-refractivity contribution in [3.8, 4) is 6.07 Å². The van der Waals surface area contributed by atoms with E-state index in [2.05, 4.69) is 5.32 Å². The summed E-state index contributed by atoms with van der Waals surface area (Å²) < 4.78 is 16.4. The Morgan fingerprint density at radius 3 is 2.26 bits per heavy atom. The van der Waals surface area contributed by atoms with E-state index in [1.807, 2.05) is 6.07 Å². The van der Waals surface area contributed by atoms with Crippen LogP contribution in [0.3, 0.4) is 0 Å². The molecule has 2 atom stereocenters. The van der Waals surface area contributed by atoms with Crippen molar-refractivity contribution in [3.05, 3.63) is 59.2 Å². The van der Waals surface area contributed by atoms with E-state index in [0.717, 1.165) is 0 Å². The molecule has 2 saturated heterocycles. The van der Waals surface area contributed by atoms with Crippen molar-refractivity contribution in [2.75, 3.05) is 50.1 Å². The van der Waals surface area contributed by atoms with Gasteiger partial charge in [-0.15, -0.1) is 0 Å². The number of carbonyl (C=O) groups excluding carboxylic acids is 6. The van der Waals surface area contributed by atoms with Crippen molar-refractivity contribution in [1.82, 2.24) is 14.7 Å². The van der Waals surface area contributed by atoms with Gasteiger partial charge in [0.2, 0.25) is 11.8 Å². The minimum Gasteiger partial charge on any atom is -0.443 e. The minimum atomic E-state index is -1.95. The number of aliphatic hydroxyl groups is 1. The summed E-state index contributed by atoms with van der Waals surface area (Å²) in [6.45, 7) is 10.3. The van der Waals surface area contributed by atoms with Crippen LogP contribution in [0.5, 0.6) is 0 Å². The van der Waals surface area contributed by atoms with E-state index >= 15 is 0 Å². The lowest BCUT2D eigenvalue weighted by atomic mass is 10.1. The van der Waals surface area contributed by atoms with Crippen LogP contribution >= 0.6 is 0 Å². The lowest BCUT2D eigenvalue weighted by Crippen LogP contribution is -2.55. The van der Waals surface area contributed by atoms with Crippen molar-refractivity contribution in [2.45, 2.75) is 77.9 Å². The zero-order valence-corrected chi connectivity index (χ0v) is 31.0. The van der Waals surface area contributed by atoms with Gasteiger partial charge in [0.1, 0.15) is 11.2 Å². The highest BCUT2D eigenvalue weighted by molar-refractivity contribution is 6.04. The summed E-state index contributed by atoms with van der Waals surface area (Å²) in [6, 6.07) is 12.8. The first kappa shape index (κ1) is 40.2. The van der Waals surface area contributed by atoms with Crippen LogP contribution in [0.1, 0.15) is 58.2 Å². The number of hydrogen-bond acceptors (Lipinski definition) is 11. The lowest BCUT2D eigenvalue weighted by molar-refractivity contribution is -0.150. The topological polar surface area (TPSA) is 199 Å². The molecular weight excluding hydrogens is 688 g/mol. The molecule has 0 saturated carbocycles. The molecule has 284 valence electrons. The van der Waals surface area contributed by atoms with Crippen molar-refractivity contribution >= 4 is 47.2 Å². The molecule has 0 aliphatic carbocycles. The minimum absolute atomic E-state index is 0.000504. The number of piperazine rings is 1. The number of anilines is 2. The third-order valence-electron chi connectivity index (χ3n) is 8.11. The van der Waals surface area contributed by atoms with Crippen LogP contribution < -0.4 is 10.2 Å². The van der Waals surface area contributed by atoms with Crippen LogP contribution in [-0.4, -0.2) is 119 Å². The Morgan fingerprint density at radius 2 is 1.66 bits per heavy atom. The van der Waals surface area contributed by atoms with Gasteiger partial charge in [-0.3, -0.25) is 19.2 Å². The quantitative estimate of drug-likeness (QED) is 0.404. The number of likely N-dealkylation sites (N-methyl/N-ethyl adjacent to an activating group) is 1. The smallest absolute Gasteiger partial charge is 0.420 e. The summed E-state index contributed by atoms with van der Waals surface area (Å²) in [5.41, 5.74) is -0.521. The van der Waals surface area contributed by atoms with Crippen molar-refractivity contribution in [3.63, 3.8) is 0 Å². The molecule has 2 fully saturated rings. The predicted molar refractivity (Wildman–Crippen MR) is 190 cm³/mol. The van der Waals surface area contributed by atoms with E-state index in [4.69, 9.17) is 14.2 Å². The molecule has 0 spiro atoms. The average molecular weight is 735 g/mol. The molecule has 0 radical (unpaired) electrons. The number of nitrogens with zero attached hydrogens (tertiary/aromatic N) is 5. The highest BCUT2D eigenvalue weighted by Crippen LogP contribution is 2.25. The SMILES string of the molecule is CN1CCN(C(=O)Cc2cccc(N3CCO[C@H]([C@@H](O)C(=O)Nc4ccc(C#N)c(CN(C(=O)OC(C)(C)C)C(=O)OC(C)(C)C)c4)C3=O)c2)CC1=O. The number of benzene rings is 2. The summed E-state index contributed by atoms with van der Waals surface area (Å²) >= 11 is 0. The average Bonchev–Trinajstić information content (AvgIpc) is 3.06. The Kier molecular flexibility index (Phi) is 12.5. The molecule has 4 rings (SSSR count). The van der Waals surface area contributed by atoms with Gasteiger partial charge in [-0.05, 0) is 83.0 Å². The monoisotopic (exact) mass is 734 g/mol. The molecule has 16 nitrogen and oxygen atoms in total. The number of nitrogens with one attached hydrogen (secondary N) is 1. The van der Waals surface area contributed by atoms with Gasteiger partial charge in [0, 0.05) is 38.1 Å². The number of amides is 6. The number of carbonyl (C=O) groups is 6. The van der Waals surface area contributed by atoms with E-state index in [9.17, 15) is 39.1 Å². The second-order valence-electron chi connectivity index (χ2n) is 14.7. The maximum atomic E-state index is 13.6. The molecule has 2 aromatic rings. The van der Waals surface area contributed by atoms with Crippen LogP contribution in [0.25, 0.3) is 0 Å². The third-order valence-corrected chi connectivity index (χ3v) is 8.11. The zero-order chi connectivity index (χ0) is 39.2. The first-order chi connectivity index (χ1) is 24.8. The number of nitriles is 1. The maximum Gasteiger partial charge on any atom is 0.420 e. The van der Waals surface area contributed by atoms with Crippen LogP contribution in [0.2, 0.25) is 0 Å². The van der Waals surface area contributed by atoms with E-state index in [-0.39, 0.29) is 54.7 Å². The molecule has 2 aliphatic rings. The number of morpholine rings is 1. The number of imide groups is 1. The van der Waals surface area contributed by atoms with Crippen molar-refractivity contribution in [1.29, 1.82) is 5.26 Å². The van der Waals surface area contributed by atoms with Crippen LogP contribution in [0.4, 0.5) is 21.0 Å². The van der Waals surface area contributed by atoms with E-state index in [1.54, 1.807) is 77.8 Å². The van der Waals surface area contributed by atoms with Crippen molar-refractivity contribution < 1.29 is 48.1 Å². The molecule has 53 heavy (non-hydrogen) atoms. The Hall–Kier alpha value is -5.53. The van der Waals surface area contributed by atoms with Gasteiger partial charge in [0.25, 0.3) is 11.8 Å². The Balaban J connectivity index is 1.47. The Bertz CT molecular complexity index is 1760. The standard InChI is InChI=1S/C37H46N6O10/c1-36(2,3)52-34(49)43(35(50)53-37(4,5)6)21-25-19-26(12-11-24(25)20-38)39-32(47)30(46)31-33(48)42(15-16-51-31)27-10-8-9-23(17-27)18-28(44)41-14-13-40(7)29(45)22-41/h8-12,17,19,30-31,46H,13-16,18,21-22H2,1-7H3,(H,39,47)/t30-,31-/m1/s1. The second kappa shape index (κ2) is 16.4. The fraction of sp³-hybridized carbons (Fsp3) is 0.486. The van der Waals surface area contributed by atoms with E-state index in [1.165, 1.54) is 28.0 Å². The van der Waals surface area contributed by atoms with Gasteiger partial charge < -0.3 is 39.3 Å². The first-order valence-corrected chi connectivity index (χ1v) is 17.1. The molecule has 16 heteroatoms. The molecule has 2 aliphatic heterocycles. The largest absolute Gasteiger partial charge is 0.443 e. The fourth-order valence-corrected chi connectivity index (χ4v) is 5.45. The van der Waals surface area contributed by atoms with Gasteiger partial charge >= 0.3 is 12.2 Å². The summed E-state index contributed by atoms with van der Waals surface area (Å²) in [5.74, 6) is -2.04. The maximum absolute atomic E-state index is 13.6. The fourth-order valence-electron chi connectivity index (χ4n) is 5.45. The summed E-state index contributed by atoms with van der Waals surface area (Å²) in [4.78, 5) is 83.1. The molecule has 0 bridgehead atoms. The zero-order valence-electron chi connectivity index (χ0n) is 31.0. The van der Waals surface area contributed by atoms with Gasteiger partial charge in [-0.1, -0.05) is 12.1 Å². The highest BCUT2D eigenvalue weighted by atomic mass is 16.6. The molecule has 2 aromatic carbocycles. The molecule has 2 N–H and O–H groups in total. The highest BCUT2D eigenvalue weighted by Gasteiger charge is 2.40. The van der Waals surface area contributed by atoms with Gasteiger partial charge in [-0.2, -0.15) is 5.26 Å². The first-order valence-electron chi connectivity index (χ1n) is 17.1. The number of aliphatic hydroxyl groups excluding tert-OH is 1. The summed E-state index contributed by atoms with van der Waals surface area (Å²) in [6.07, 6.45) is -5.54. The van der Waals surface area contributed by atoms with Crippen molar-refractivity contribution in [2.24, 2.45) is 0 Å². The van der Waals surface area contributed by atoms with Crippen LogP contribution in [0, 0.1) is 11.3 Å². The molecule has 2 heterocycles. The second-order valence-corrected chi connectivity index (χ2v) is 14.7. The van der Waals surface area contributed by atoms with Gasteiger partial charge in [-0.25, -0.2) is 14.5 Å². The predicted octanol–water partition coefficient (Wildman–Crippen LogP) is 2.80. The summed E-state index contributed by atoms with van der Waals surface area (Å²) in [5, 5.41) is 23.3. The van der Waals surface area contributed by atoms with E-state index in [0.29, 0.717) is 29.2 Å². The molecule has 0 aromatic heterocycles. The lowest BCUT2D eigenvalue weighted by Gasteiger charge is -2.34. The Labute approximate surface area is 308 Å². The molecular formula is C37H46N6O10. The van der Waals surface area contributed by atoms with Crippen LogP contribution in [0.15, 0.2) is 42.5 Å².